The van der Waals surface area contributed by atoms with Gasteiger partial charge in [0.15, 0.2) is 0 Å². The van der Waals surface area contributed by atoms with Crippen LogP contribution in [0, 0.1) is 5.92 Å². The van der Waals surface area contributed by atoms with E-state index in [9.17, 15) is 4.79 Å². The van der Waals surface area contributed by atoms with Crippen LogP contribution in [0.5, 0.6) is 0 Å². The predicted molar refractivity (Wildman–Crippen MR) is 122 cm³/mol. The van der Waals surface area contributed by atoms with Crippen LogP contribution in [0.15, 0.2) is 24.3 Å². The van der Waals surface area contributed by atoms with Crippen LogP contribution in [0.3, 0.4) is 0 Å². The van der Waals surface area contributed by atoms with Crippen LogP contribution in [0.4, 0.5) is 0 Å². The van der Waals surface area contributed by atoms with Crippen LogP contribution < -0.4 is 0 Å². The highest BCUT2D eigenvalue weighted by Crippen LogP contribution is 2.37. The van der Waals surface area contributed by atoms with Crippen molar-refractivity contribution in [3.8, 4) is 0 Å². The molecular weight excluding hydrogens is 410 g/mol. The van der Waals surface area contributed by atoms with Crippen LogP contribution in [0.1, 0.15) is 55.7 Å². The van der Waals surface area contributed by atoms with E-state index in [0.29, 0.717) is 23.9 Å². The predicted octanol–water partition coefficient (Wildman–Crippen LogP) is 2.69. The van der Waals surface area contributed by atoms with Crippen LogP contribution in [-0.4, -0.2) is 83.5 Å². The average molecular weight is 448 g/mol. The van der Waals surface area contributed by atoms with Crippen molar-refractivity contribution in [3.63, 3.8) is 0 Å². The van der Waals surface area contributed by atoms with Gasteiger partial charge in [0.1, 0.15) is 0 Å². The van der Waals surface area contributed by atoms with Crippen molar-refractivity contribution < 1.29 is 24.6 Å². The van der Waals surface area contributed by atoms with Crippen molar-refractivity contribution >= 4 is 18.9 Å². The van der Waals surface area contributed by atoms with Crippen LogP contribution >= 0.6 is 0 Å². The highest BCUT2D eigenvalue weighted by Gasteiger charge is 2.38. The van der Waals surface area contributed by atoms with Gasteiger partial charge in [0.25, 0.3) is 12.9 Å². The summed E-state index contributed by atoms with van der Waals surface area (Å²) >= 11 is 0. The molecular formula is C24H37N3O5. The third-order valence-electron chi connectivity index (χ3n) is 6.33. The Hall–Kier alpha value is -2.45. The zero-order chi connectivity index (χ0) is 23.5. The molecule has 2 saturated heterocycles. The molecule has 1 saturated carbocycles. The molecule has 2 N–H and O–H groups in total. The molecule has 2 aliphatic heterocycles. The molecule has 0 aromatic heterocycles. The van der Waals surface area contributed by atoms with Crippen molar-refractivity contribution in [2.24, 2.45) is 5.92 Å². The number of likely N-dealkylation sites (tertiary alicyclic amines) is 2. The molecule has 1 unspecified atom stereocenters. The van der Waals surface area contributed by atoms with E-state index < -0.39 is 0 Å². The van der Waals surface area contributed by atoms with Gasteiger partial charge < -0.3 is 20.0 Å². The normalized spacial score (nSPS) is 21.2. The lowest BCUT2D eigenvalue weighted by Crippen LogP contribution is -2.46. The SMILES string of the molecule is CN(C)Cc1ccc(C2CCCN2C2CCN(C(=O)C3CC3)CC2)cc1.O=CO.O=CO. The second-order valence-corrected chi connectivity index (χ2v) is 8.92. The van der Waals surface area contributed by atoms with E-state index in [4.69, 9.17) is 19.8 Å². The van der Waals surface area contributed by atoms with E-state index >= 15 is 0 Å². The fourth-order valence-corrected chi connectivity index (χ4v) is 4.80. The number of carbonyl (C=O) groups is 3. The summed E-state index contributed by atoms with van der Waals surface area (Å²) in [6.07, 6.45) is 7.11. The summed E-state index contributed by atoms with van der Waals surface area (Å²) < 4.78 is 0. The Morgan fingerprint density at radius 1 is 0.969 bits per heavy atom. The van der Waals surface area contributed by atoms with Gasteiger partial charge in [-0.25, -0.2) is 0 Å². The Bertz CT molecular complexity index is 707. The number of hydrogen-bond donors (Lipinski definition) is 2. The number of hydrogen-bond acceptors (Lipinski definition) is 5. The van der Waals surface area contributed by atoms with Crippen molar-refractivity contribution in [3.05, 3.63) is 35.4 Å². The molecule has 1 aromatic rings. The minimum atomic E-state index is -0.250. The maximum Gasteiger partial charge on any atom is 0.290 e. The summed E-state index contributed by atoms with van der Waals surface area (Å²) in [5.41, 5.74) is 2.86. The molecule has 8 heteroatoms. The second-order valence-electron chi connectivity index (χ2n) is 8.92. The zero-order valence-electron chi connectivity index (χ0n) is 19.2. The van der Waals surface area contributed by atoms with E-state index in [1.165, 1.54) is 30.5 Å². The van der Waals surface area contributed by atoms with Gasteiger partial charge in [0, 0.05) is 37.6 Å². The molecule has 1 amide bonds. The summed E-state index contributed by atoms with van der Waals surface area (Å²) in [6, 6.07) is 10.5. The zero-order valence-corrected chi connectivity index (χ0v) is 19.2. The lowest BCUT2D eigenvalue weighted by atomic mass is 9.98. The topological polar surface area (TPSA) is 101 Å². The Kier molecular flexibility index (Phi) is 10.6. The molecule has 2 heterocycles. The number of amides is 1. The number of rotatable bonds is 5. The highest BCUT2D eigenvalue weighted by molar-refractivity contribution is 5.81. The van der Waals surface area contributed by atoms with E-state index in [1.807, 2.05) is 0 Å². The van der Waals surface area contributed by atoms with Gasteiger partial charge in [-0.15, -0.1) is 0 Å². The maximum absolute atomic E-state index is 12.3. The van der Waals surface area contributed by atoms with Crippen molar-refractivity contribution in [2.75, 3.05) is 33.7 Å². The molecule has 1 aromatic carbocycles. The first-order valence-corrected chi connectivity index (χ1v) is 11.4. The summed E-state index contributed by atoms with van der Waals surface area (Å²) in [4.78, 5) is 36.1. The molecule has 0 radical (unpaired) electrons. The first-order chi connectivity index (χ1) is 15.4. The summed E-state index contributed by atoms with van der Waals surface area (Å²) in [5, 5.41) is 13.8. The van der Waals surface area contributed by atoms with Crippen LogP contribution in [0.25, 0.3) is 0 Å². The largest absolute Gasteiger partial charge is 0.483 e. The van der Waals surface area contributed by atoms with Crippen molar-refractivity contribution in [1.82, 2.24) is 14.7 Å². The van der Waals surface area contributed by atoms with E-state index in [2.05, 4.69) is 53.1 Å². The molecule has 1 atom stereocenters. The maximum atomic E-state index is 12.3. The number of carbonyl (C=O) groups excluding carboxylic acids is 1. The van der Waals surface area contributed by atoms with E-state index in [0.717, 1.165) is 45.3 Å². The fraction of sp³-hybridized carbons (Fsp3) is 0.625. The molecule has 8 nitrogen and oxygen atoms in total. The highest BCUT2D eigenvalue weighted by atomic mass is 16.3. The van der Waals surface area contributed by atoms with Gasteiger partial charge >= 0.3 is 0 Å². The summed E-state index contributed by atoms with van der Waals surface area (Å²) in [7, 11) is 4.24. The molecule has 0 spiro atoms. The fourth-order valence-electron chi connectivity index (χ4n) is 4.80. The molecule has 1 aliphatic carbocycles. The molecule has 3 aliphatic rings. The number of benzene rings is 1. The quantitative estimate of drug-likeness (QED) is 0.669. The van der Waals surface area contributed by atoms with Crippen molar-refractivity contribution in [2.45, 2.75) is 57.2 Å². The summed E-state index contributed by atoms with van der Waals surface area (Å²) in [6.45, 7) is 3.64. The standard InChI is InChI=1S/C22H33N3O.2CH2O2/c1-23(2)16-17-5-7-18(8-6-17)21-4-3-13-25(21)20-11-14-24(15-12-20)22(26)19-9-10-19;2*2-1-3/h5-8,19-21H,3-4,9-16H2,1-2H3;2*1H,(H,2,3). The molecule has 32 heavy (non-hydrogen) atoms. The molecule has 4 rings (SSSR count). The number of carboxylic acid groups (broad SMARTS) is 2. The minimum Gasteiger partial charge on any atom is -0.483 e. The lowest BCUT2D eigenvalue weighted by molar-refractivity contribution is -0.134. The van der Waals surface area contributed by atoms with E-state index in [-0.39, 0.29) is 12.9 Å². The Morgan fingerprint density at radius 2 is 1.53 bits per heavy atom. The third-order valence-corrected chi connectivity index (χ3v) is 6.33. The second kappa shape index (κ2) is 13.2. The van der Waals surface area contributed by atoms with Gasteiger partial charge in [-0.05, 0) is 70.3 Å². The van der Waals surface area contributed by atoms with Crippen LogP contribution in [-0.2, 0) is 20.9 Å². The summed E-state index contributed by atoms with van der Waals surface area (Å²) in [5.74, 6) is 0.796. The lowest BCUT2D eigenvalue weighted by Gasteiger charge is -2.39. The molecule has 3 fully saturated rings. The number of nitrogens with zero attached hydrogens (tertiary/aromatic N) is 3. The minimum absolute atomic E-state index is 0.250. The monoisotopic (exact) mass is 447 g/mol. The van der Waals surface area contributed by atoms with Gasteiger partial charge in [0.05, 0.1) is 0 Å². The average Bonchev–Trinajstić information content (AvgIpc) is 3.51. The first kappa shape index (κ1) is 25.8. The Labute approximate surface area is 190 Å². The first-order valence-electron chi connectivity index (χ1n) is 11.4. The van der Waals surface area contributed by atoms with Gasteiger partial charge in [0.2, 0.25) is 5.91 Å². The Morgan fingerprint density at radius 3 is 2.03 bits per heavy atom. The van der Waals surface area contributed by atoms with Crippen molar-refractivity contribution in [1.29, 1.82) is 0 Å². The smallest absolute Gasteiger partial charge is 0.290 e. The Balaban J connectivity index is 0.000000547. The van der Waals surface area contributed by atoms with Gasteiger partial charge in [-0.3, -0.25) is 19.3 Å². The molecule has 0 bridgehead atoms. The van der Waals surface area contributed by atoms with Gasteiger partial charge in [-0.1, -0.05) is 24.3 Å². The number of piperidine rings is 1. The van der Waals surface area contributed by atoms with Crippen LogP contribution in [0.2, 0.25) is 0 Å². The van der Waals surface area contributed by atoms with Gasteiger partial charge in [-0.2, -0.15) is 0 Å². The molecule has 178 valence electrons. The third kappa shape index (κ3) is 7.60. The van der Waals surface area contributed by atoms with E-state index in [1.54, 1.807) is 0 Å².